The van der Waals surface area contributed by atoms with E-state index in [0.29, 0.717) is 6.61 Å². The summed E-state index contributed by atoms with van der Waals surface area (Å²) < 4.78 is 7.54. The Labute approximate surface area is 107 Å². The van der Waals surface area contributed by atoms with Crippen LogP contribution in [0.3, 0.4) is 0 Å². The highest BCUT2D eigenvalue weighted by molar-refractivity contribution is 5.21. The van der Waals surface area contributed by atoms with Crippen LogP contribution in [0.5, 0.6) is 5.75 Å². The minimum atomic E-state index is -0.0643. The van der Waals surface area contributed by atoms with E-state index >= 15 is 0 Å². The fourth-order valence-corrected chi connectivity index (χ4v) is 1.67. The number of aromatic nitrogens is 2. The number of aryl methyl sites for hydroxylation is 1. The van der Waals surface area contributed by atoms with Crippen molar-refractivity contribution in [2.24, 2.45) is 5.84 Å². The summed E-state index contributed by atoms with van der Waals surface area (Å²) in [5.41, 5.74) is 3.77. The van der Waals surface area contributed by atoms with Crippen molar-refractivity contribution in [3.8, 4) is 5.75 Å². The third-order valence-electron chi connectivity index (χ3n) is 2.74. The molecule has 0 aliphatic rings. The van der Waals surface area contributed by atoms with E-state index in [1.807, 2.05) is 54.3 Å². The molecule has 2 rings (SSSR count). The summed E-state index contributed by atoms with van der Waals surface area (Å²) in [4.78, 5) is 0. The average Bonchev–Trinajstić information content (AvgIpc) is 2.89. The number of nitrogens with two attached hydrogens (primary N) is 1. The number of nitrogens with one attached hydrogen (secondary N) is 1. The van der Waals surface area contributed by atoms with Gasteiger partial charge in [-0.3, -0.25) is 10.5 Å². The Hall–Kier alpha value is -1.85. The van der Waals surface area contributed by atoms with E-state index < -0.39 is 0 Å². The highest BCUT2D eigenvalue weighted by atomic mass is 16.5. The molecule has 1 heterocycles. The molecule has 0 spiro atoms. The second-order valence-corrected chi connectivity index (χ2v) is 3.97. The summed E-state index contributed by atoms with van der Waals surface area (Å²) >= 11 is 0. The molecule has 0 fully saturated rings. The Morgan fingerprint density at radius 1 is 1.39 bits per heavy atom. The Morgan fingerprint density at radius 2 is 2.17 bits per heavy atom. The summed E-state index contributed by atoms with van der Waals surface area (Å²) in [6.45, 7) is 3.36. The number of hydrogen-bond acceptors (Lipinski definition) is 4. The van der Waals surface area contributed by atoms with Crippen LogP contribution in [0.2, 0.25) is 0 Å². The van der Waals surface area contributed by atoms with Crippen LogP contribution in [0.15, 0.2) is 42.7 Å². The minimum absolute atomic E-state index is 0.0643. The van der Waals surface area contributed by atoms with Crippen LogP contribution in [0.25, 0.3) is 0 Å². The molecular formula is C13H18N4O. The lowest BCUT2D eigenvalue weighted by molar-refractivity contribution is 0.267. The van der Waals surface area contributed by atoms with E-state index in [-0.39, 0.29) is 6.04 Å². The van der Waals surface area contributed by atoms with Gasteiger partial charge >= 0.3 is 0 Å². The molecule has 5 heteroatoms. The molecule has 1 atom stereocenters. The monoisotopic (exact) mass is 246 g/mol. The zero-order chi connectivity index (χ0) is 12.8. The quantitative estimate of drug-likeness (QED) is 0.598. The second kappa shape index (κ2) is 6.18. The summed E-state index contributed by atoms with van der Waals surface area (Å²) in [6, 6.07) is 9.61. The average molecular weight is 246 g/mol. The largest absolute Gasteiger partial charge is 0.492 e. The van der Waals surface area contributed by atoms with Gasteiger partial charge in [-0.05, 0) is 19.1 Å². The van der Waals surface area contributed by atoms with Crippen LogP contribution in [-0.4, -0.2) is 16.4 Å². The fourth-order valence-electron chi connectivity index (χ4n) is 1.67. The summed E-state index contributed by atoms with van der Waals surface area (Å²) in [5, 5.41) is 4.22. The first-order valence-electron chi connectivity index (χ1n) is 5.99. The van der Waals surface area contributed by atoms with Gasteiger partial charge in [-0.2, -0.15) is 5.10 Å². The van der Waals surface area contributed by atoms with Crippen LogP contribution in [0, 0.1) is 0 Å². The predicted molar refractivity (Wildman–Crippen MR) is 69.9 cm³/mol. The number of hydrazine groups is 1. The number of rotatable bonds is 6. The molecule has 0 aliphatic carbocycles. The molecule has 1 unspecified atom stereocenters. The normalized spacial score (nSPS) is 12.3. The van der Waals surface area contributed by atoms with Crippen LogP contribution in [0.1, 0.15) is 18.5 Å². The highest BCUT2D eigenvalue weighted by Crippen LogP contribution is 2.15. The molecule has 5 nitrogen and oxygen atoms in total. The van der Waals surface area contributed by atoms with Crippen molar-refractivity contribution >= 4 is 0 Å². The SMILES string of the molecule is CCn1cc(C(COc2ccccc2)NN)cn1. The molecule has 96 valence electrons. The van der Waals surface area contributed by atoms with Gasteiger partial charge in [0.25, 0.3) is 0 Å². The number of ether oxygens (including phenoxy) is 1. The lowest BCUT2D eigenvalue weighted by Crippen LogP contribution is -2.32. The molecule has 0 radical (unpaired) electrons. The van der Waals surface area contributed by atoms with Crippen molar-refractivity contribution in [3.05, 3.63) is 48.3 Å². The Balaban J connectivity index is 1.97. The van der Waals surface area contributed by atoms with Crippen molar-refractivity contribution in [3.63, 3.8) is 0 Å². The second-order valence-electron chi connectivity index (χ2n) is 3.97. The van der Waals surface area contributed by atoms with Crippen molar-refractivity contribution in [2.45, 2.75) is 19.5 Å². The van der Waals surface area contributed by atoms with Gasteiger partial charge in [0.1, 0.15) is 12.4 Å². The third kappa shape index (κ3) is 3.09. The van der Waals surface area contributed by atoms with Gasteiger partial charge in [0.15, 0.2) is 0 Å². The maximum Gasteiger partial charge on any atom is 0.119 e. The molecule has 0 saturated heterocycles. The number of nitrogens with zero attached hydrogens (tertiary/aromatic N) is 2. The maximum absolute atomic E-state index is 5.68. The maximum atomic E-state index is 5.68. The van der Waals surface area contributed by atoms with Crippen LogP contribution >= 0.6 is 0 Å². The van der Waals surface area contributed by atoms with E-state index in [1.54, 1.807) is 0 Å². The van der Waals surface area contributed by atoms with Gasteiger partial charge in [0.2, 0.25) is 0 Å². The first kappa shape index (κ1) is 12.6. The first-order valence-corrected chi connectivity index (χ1v) is 5.99. The summed E-state index contributed by atoms with van der Waals surface area (Å²) in [7, 11) is 0. The summed E-state index contributed by atoms with van der Waals surface area (Å²) in [5.74, 6) is 6.39. The van der Waals surface area contributed by atoms with E-state index in [1.165, 1.54) is 0 Å². The van der Waals surface area contributed by atoms with Crippen molar-refractivity contribution in [1.82, 2.24) is 15.2 Å². The molecule has 0 amide bonds. The fraction of sp³-hybridized carbons (Fsp3) is 0.308. The van der Waals surface area contributed by atoms with Gasteiger partial charge in [-0.25, -0.2) is 5.43 Å². The Bertz CT molecular complexity index is 469. The molecule has 1 aromatic heterocycles. The van der Waals surface area contributed by atoms with Crippen LogP contribution in [-0.2, 0) is 6.54 Å². The summed E-state index contributed by atoms with van der Waals surface area (Å²) in [6.07, 6.45) is 3.78. The predicted octanol–water partition coefficient (Wildman–Crippen LogP) is 1.49. The van der Waals surface area contributed by atoms with Gasteiger partial charge in [0, 0.05) is 18.3 Å². The number of benzene rings is 1. The van der Waals surface area contributed by atoms with E-state index in [2.05, 4.69) is 10.5 Å². The minimum Gasteiger partial charge on any atom is -0.492 e. The molecule has 18 heavy (non-hydrogen) atoms. The van der Waals surface area contributed by atoms with E-state index in [0.717, 1.165) is 17.9 Å². The molecular weight excluding hydrogens is 228 g/mol. The van der Waals surface area contributed by atoms with Gasteiger partial charge in [-0.15, -0.1) is 0 Å². The van der Waals surface area contributed by atoms with Gasteiger partial charge < -0.3 is 4.74 Å². The zero-order valence-corrected chi connectivity index (χ0v) is 10.4. The van der Waals surface area contributed by atoms with Crippen LogP contribution < -0.4 is 16.0 Å². The molecule has 0 bridgehead atoms. The molecule has 3 N–H and O–H groups in total. The lowest BCUT2D eigenvalue weighted by Gasteiger charge is -2.15. The number of para-hydroxylation sites is 1. The Morgan fingerprint density at radius 3 is 2.78 bits per heavy atom. The molecule has 0 aliphatic heterocycles. The zero-order valence-electron chi connectivity index (χ0n) is 10.4. The standard InChI is InChI=1S/C13H18N4O/c1-2-17-9-11(8-15-17)13(16-14)10-18-12-6-4-3-5-7-12/h3-9,13,16H,2,10,14H2,1H3. The molecule has 0 saturated carbocycles. The van der Waals surface area contributed by atoms with Gasteiger partial charge in [-0.1, -0.05) is 18.2 Å². The molecule has 1 aromatic carbocycles. The third-order valence-corrected chi connectivity index (χ3v) is 2.74. The van der Waals surface area contributed by atoms with Crippen molar-refractivity contribution < 1.29 is 4.74 Å². The lowest BCUT2D eigenvalue weighted by atomic mass is 10.2. The van der Waals surface area contributed by atoms with E-state index in [9.17, 15) is 0 Å². The van der Waals surface area contributed by atoms with Crippen LogP contribution in [0.4, 0.5) is 0 Å². The van der Waals surface area contributed by atoms with Crippen molar-refractivity contribution in [1.29, 1.82) is 0 Å². The highest BCUT2D eigenvalue weighted by Gasteiger charge is 2.12. The van der Waals surface area contributed by atoms with Crippen molar-refractivity contribution in [2.75, 3.05) is 6.61 Å². The first-order chi connectivity index (χ1) is 8.83. The van der Waals surface area contributed by atoms with Gasteiger partial charge in [0.05, 0.1) is 12.2 Å². The smallest absolute Gasteiger partial charge is 0.119 e. The van der Waals surface area contributed by atoms with E-state index in [4.69, 9.17) is 10.6 Å². The Kier molecular flexibility index (Phi) is 4.33. The number of hydrogen-bond donors (Lipinski definition) is 2. The topological polar surface area (TPSA) is 65.1 Å². The molecule has 2 aromatic rings.